The van der Waals surface area contributed by atoms with Crippen LogP contribution < -0.4 is 5.43 Å². The van der Waals surface area contributed by atoms with Gasteiger partial charge in [-0.3, -0.25) is 4.79 Å². The van der Waals surface area contributed by atoms with Crippen molar-refractivity contribution in [2.24, 2.45) is 16.9 Å². The van der Waals surface area contributed by atoms with Crippen LogP contribution in [0.4, 0.5) is 13.2 Å². The summed E-state index contributed by atoms with van der Waals surface area (Å²) < 4.78 is 40.5. The van der Waals surface area contributed by atoms with Crippen LogP contribution in [0.5, 0.6) is 0 Å². The molecule has 1 heterocycles. The van der Waals surface area contributed by atoms with Crippen LogP contribution in [-0.2, 0) is 17.5 Å². The fourth-order valence-electron chi connectivity index (χ4n) is 3.43. The lowest BCUT2D eigenvalue weighted by Crippen LogP contribution is -2.36. The number of hydrogen-bond donors (Lipinski definition) is 1. The predicted molar refractivity (Wildman–Crippen MR) is 85.7 cm³/mol. The van der Waals surface area contributed by atoms with Gasteiger partial charge in [-0.1, -0.05) is 24.3 Å². The number of imidazole rings is 1. The molecule has 2 atom stereocenters. The molecule has 0 radical (unpaired) electrons. The van der Waals surface area contributed by atoms with Crippen molar-refractivity contribution in [2.75, 3.05) is 0 Å². The smallest absolute Gasteiger partial charge is 0.311 e. The van der Waals surface area contributed by atoms with Gasteiger partial charge in [0.2, 0.25) is 5.82 Å². The van der Waals surface area contributed by atoms with Gasteiger partial charge in [-0.05, 0) is 30.9 Å². The molecule has 25 heavy (non-hydrogen) atoms. The second kappa shape index (κ2) is 5.72. The minimum absolute atomic E-state index is 0.202. The minimum atomic E-state index is -4.64. The van der Waals surface area contributed by atoms with E-state index in [1.807, 2.05) is 0 Å². The zero-order valence-corrected chi connectivity index (χ0v) is 13.1. The Kier molecular flexibility index (Phi) is 3.63. The topological polar surface area (TPSA) is 59.3 Å². The summed E-state index contributed by atoms with van der Waals surface area (Å²) in [6.07, 6.45) is 1.29. The fourth-order valence-corrected chi connectivity index (χ4v) is 3.43. The van der Waals surface area contributed by atoms with E-state index in [0.717, 1.165) is 23.1 Å². The fraction of sp³-hybridized carbons (Fsp3) is 0.353. The van der Waals surface area contributed by atoms with Crippen molar-refractivity contribution < 1.29 is 18.0 Å². The summed E-state index contributed by atoms with van der Waals surface area (Å²) in [5.41, 5.74) is 3.75. The van der Waals surface area contributed by atoms with Crippen LogP contribution in [0.1, 0.15) is 18.7 Å². The van der Waals surface area contributed by atoms with E-state index in [9.17, 15) is 18.0 Å². The summed E-state index contributed by atoms with van der Waals surface area (Å²) in [5, 5.41) is 4.09. The number of fused-ring (bicyclic) bond motifs is 2. The Balaban J connectivity index is 1.54. The van der Waals surface area contributed by atoms with Gasteiger partial charge in [0.1, 0.15) is 6.54 Å². The van der Waals surface area contributed by atoms with Crippen molar-refractivity contribution in [1.82, 2.24) is 15.0 Å². The number of aromatic nitrogens is 2. The lowest BCUT2D eigenvalue weighted by Gasteiger charge is -2.31. The molecular formula is C17H15F3N4O. The Morgan fingerprint density at radius 3 is 2.92 bits per heavy atom. The highest BCUT2D eigenvalue weighted by Crippen LogP contribution is 2.40. The standard InChI is InChI=1S/C17H15F3N4O/c18-17(19,20)16-21-12-6-1-2-7-14(12)24(16)9-15(25)23-22-13-8-10-4-3-5-11(10)13/h1-4,6-7,10-11H,5,8-9H2,(H,23,25)/b22-13+/t10-,11+/m0/s1. The number of benzene rings is 1. The van der Waals surface area contributed by atoms with Gasteiger partial charge in [0.25, 0.3) is 5.91 Å². The second-order valence-corrected chi connectivity index (χ2v) is 6.28. The first-order chi connectivity index (χ1) is 11.9. The highest BCUT2D eigenvalue weighted by Gasteiger charge is 2.39. The van der Waals surface area contributed by atoms with Gasteiger partial charge in [-0.2, -0.15) is 18.3 Å². The third-order valence-corrected chi connectivity index (χ3v) is 4.70. The SMILES string of the molecule is O=C(Cn1c(C(F)(F)F)nc2ccccc21)N/N=C1\C[C@@H]2C=CC[C@@H]12. The molecule has 2 aliphatic carbocycles. The number of carbonyl (C=O) groups excluding carboxylic acids is 1. The monoisotopic (exact) mass is 348 g/mol. The number of alkyl halides is 3. The van der Waals surface area contributed by atoms with Crippen molar-refractivity contribution in [2.45, 2.75) is 25.6 Å². The van der Waals surface area contributed by atoms with Crippen molar-refractivity contribution in [3.63, 3.8) is 0 Å². The Hall–Kier alpha value is -2.64. The number of para-hydroxylation sites is 2. The zero-order chi connectivity index (χ0) is 17.6. The molecule has 0 aliphatic heterocycles. The molecule has 2 aromatic rings. The first-order valence-electron chi connectivity index (χ1n) is 7.98. The van der Waals surface area contributed by atoms with E-state index in [4.69, 9.17) is 0 Å². The van der Waals surface area contributed by atoms with Gasteiger partial charge in [-0.15, -0.1) is 0 Å². The van der Waals surface area contributed by atoms with Crippen molar-refractivity contribution in [3.8, 4) is 0 Å². The highest BCUT2D eigenvalue weighted by atomic mass is 19.4. The average molecular weight is 348 g/mol. The number of carbonyl (C=O) groups is 1. The number of rotatable bonds is 3. The molecule has 1 amide bonds. The van der Waals surface area contributed by atoms with Gasteiger partial charge in [-0.25, -0.2) is 10.4 Å². The van der Waals surface area contributed by atoms with Gasteiger partial charge >= 0.3 is 6.18 Å². The second-order valence-electron chi connectivity index (χ2n) is 6.28. The summed E-state index contributed by atoms with van der Waals surface area (Å²) in [6.45, 7) is -0.488. The number of nitrogens with one attached hydrogen (secondary N) is 1. The first kappa shape index (κ1) is 15.9. The molecule has 1 aromatic carbocycles. The lowest BCUT2D eigenvalue weighted by molar-refractivity contribution is -0.147. The number of hydrogen-bond acceptors (Lipinski definition) is 3. The lowest BCUT2D eigenvalue weighted by atomic mass is 9.74. The van der Waals surface area contributed by atoms with Gasteiger partial charge in [0, 0.05) is 11.6 Å². The summed E-state index contributed by atoms with van der Waals surface area (Å²) >= 11 is 0. The minimum Gasteiger partial charge on any atom is -0.311 e. The Morgan fingerprint density at radius 1 is 1.36 bits per heavy atom. The molecule has 2 aliphatic rings. The van der Waals surface area contributed by atoms with Gasteiger partial charge in [0.05, 0.1) is 11.0 Å². The van der Waals surface area contributed by atoms with Crippen LogP contribution in [0.25, 0.3) is 11.0 Å². The summed E-state index contributed by atoms with van der Waals surface area (Å²) in [4.78, 5) is 15.7. The molecule has 130 valence electrons. The Bertz CT molecular complexity index is 897. The molecule has 0 saturated heterocycles. The van der Waals surface area contributed by atoms with Crippen LogP contribution in [0.3, 0.4) is 0 Å². The quantitative estimate of drug-likeness (QED) is 0.684. The van der Waals surface area contributed by atoms with Crippen molar-refractivity contribution in [1.29, 1.82) is 0 Å². The maximum Gasteiger partial charge on any atom is 0.449 e. The summed E-state index contributed by atoms with van der Waals surface area (Å²) in [6, 6.07) is 6.22. The number of hydrazone groups is 1. The van der Waals surface area contributed by atoms with Crippen molar-refractivity contribution in [3.05, 3.63) is 42.2 Å². The number of nitrogens with zero attached hydrogens (tertiary/aromatic N) is 3. The van der Waals surface area contributed by atoms with Crippen LogP contribution in [0, 0.1) is 11.8 Å². The van der Waals surface area contributed by atoms with Gasteiger partial charge in [0.15, 0.2) is 0 Å². The third-order valence-electron chi connectivity index (χ3n) is 4.70. The average Bonchev–Trinajstić information content (AvgIpc) is 3.09. The molecule has 0 spiro atoms. The van der Waals surface area contributed by atoms with E-state index in [-0.39, 0.29) is 11.0 Å². The molecular weight excluding hydrogens is 333 g/mol. The molecule has 8 heteroatoms. The molecule has 1 N–H and O–H groups in total. The first-order valence-corrected chi connectivity index (χ1v) is 7.98. The van der Waals surface area contributed by atoms with Gasteiger partial charge < -0.3 is 4.57 Å². The summed E-state index contributed by atoms with van der Waals surface area (Å²) in [7, 11) is 0. The number of allylic oxidation sites excluding steroid dienone is 2. The van der Waals surface area contributed by atoms with E-state index in [2.05, 4.69) is 27.7 Å². The normalized spacial score (nSPS) is 23.7. The zero-order valence-electron chi connectivity index (χ0n) is 13.1. The highest BCUT2D eigenvalue weighted by molar-refractivity contribution is 5.95. The maximum absolute atomic E-state index is 13.2. The molecule has 0 bridgehead atoms. The molecule has 4 rings (SSSR count). The molecule has 0 unspecified atom stereocenters. The predicted octanol–water partition coefficient (Wildman–Crippen LogP) is 3.12. The van der Waals surface area contributed by atoms with E-state index in [0.29, 0.717) is 11.8 Å². The Labute approximate surface area is 141 Å². The Morgan fingerprint density at radius 2 is 2.16 bits per heavy atom. The van der Waals surface area contributed by atoms with E-state index < -0.39 is 24.5 Å². The van der Waals surface area contributed by atoms with Crippen LogP contribution in [0.2, 0.25) is 0 Å². The largest absolute Gasteiger partial charge is 0.449 e. The molecule has 1 aromatic heterocycles. The van der Waals surface area contributed by atoms with E-state index >= 15 is 0 Å². The third kappa shape index (κ3) is 2.81. The van der Waals surface area contributed by atoms with Crippen molar-refractivity contribution >= 4 is 22.7 Å². The maximum atomic E-state index is 13.2. The molecule has 1 fully saturated rings. The number of halogens is 3. The molecule has 5 nitrogen and oxygen atoms in total. The molecule has 1 saturated carbocycles. The van der Waals surface area contributed by atoms with E-state index in [1.54, 1.807) is 12.1 Å². The van der Waals surface area contributed by atoms with Crippen LogP contribution in [-0.4, -0.2) is 21.2 Å². The van der Waals surface area contributed by atoms with Crippen LogP contribution >= 0.6 is 0 Å². The number of amides is 1. The van der Waals surface area contributed by atoms with Crippen LogP contribution in [0.15, 0.2) is 41.5 Å². The summed E-state index contributed by atoms with van der Waals surface area (Å²) in [5.74, 6) is -0.860. The van der Waals surface area contributed by atoms with E-state index in [1.165, 1.54) is 12.1 Å².